The third kappa shape index (κ3) is 8.37. The molecule has 0 aromatic heterocycles. The Bertz CT molecular complexity index is 305. The molecule has 0 rings (SSSR count). The second-order valence-electron chi connectivity index (χ2n) is 4.38. The highest BCUT2D eigenvalue weighted by Gasteiger charge is 2.17. The second kappa shape index (κ2) is 8.32. The Morgan fingerprint density at radius 3 is 2.17 bits per heavy atom. The van der Waals surface area contributed by atoms with Crippen molar-refractivity contribution < 1.29 is 19.5 Å². The van der Waals surface area contributed by atoms with Crippen LogP contribution in [0.25, 0.3) is 0 Å². The molecule has 0 heterocycles. The summed E-state index contributed by atoms with van der Waals surface area (Å²) in [5, 5.41) is 13.8. The molecule has 0 aliphatic heterocycles. The minimum Gasteiger partial charge on any atom is -0.480 e. The fourth-order valence-corrected chi connectivity index (χ4v) is 1.34. The Kier molecular flexibility index (Phi) is 7.50. The van der Waals surface area contributed by atoms with Crippen LogP contribution in [0.15, 0.2) is 0 Å². The molecule has 0 radical (unpaired) electrons. The number of aliphatic carboxylic acids is 1. The summed E-state index contributed by atoms with van der Waals surface area (Å²) in [5.41, 5.74) is 0. The lowest BCUT2D eigenvalue weighted by molar-refractivity contribution is -0.137. The predicted molar refractivity (Wildman–Crippen MR) is 66.1 cm³/mol. The van der Waals surface area contributed by atoms with Gasteiger partial charge >= 0.3 is 12.0 Å². The van der Waals surface area contributed by atoms with Crippen molar-refractivity contribution in [2.75, 3.05) is 26.2 Å². The number of amides is 3. The molecule has 0 saturated carbocycles. The summed E-state index contributed by atoms with van der Waals surface area (Å²) >= 11 is 0. The summed E-state index contributed by atoms with van der Waals surface area (Å²) in [6.07, 6.45) is 0. The van der Waals surface area contributed by atoms with E-state index in [1.807, 2.05) is 13.8 Å². The molecule has 3 amide bonds. The summed E-state index contributed by atoms with van der Waals surface area (Å²) in [6, 6.07) is -0.434. The van der Waals surface area contributed by atoms with Crippen LogP contribution in [0.3, 0.4) is 0 Å². The maximum Gasteiger partial charge on any atom is 0.323 e. The lowest BCUT2D eigenvalue weighted by Crippen LogP contribution is -2.46. The summed E-state index contributed by atoms with van der Waals surface area (Å²) in [6.45, 7) is 5.83. The largest absolute Gasteiger partial charge is 0.480 e. The molecule has 0 spiro atoms. The SMILES string of the molecule is CC(=O)NCCNC(=O)N(CC(=O)O)CC(C)C. The van der Waals surface area contributed by atoms with Gasteiger partial charge in [0.2, 0.25) is 5.91 Å². The van der Waals surface area contributed by atoms with Gasteiger partial charge in [0.15, 0.2) is 0 Å². The quantitative estimate of drug-likeness (QED) is 0.555. The first-order valence-corrected chi connectivity index (χ1v) is 5.82. The molecule has 0 fully saturated rings. The van der Waals surface area contributed by atoms with E-state index in [2.05, 4.69) is 10.6 Å². The lowest BCUT2D eigenvalue weighted by atomic mass is 10.2. The van der Waals surface area contributed by atoms with E-state index in [4.69, 9.17) is 5.11 Å². The van der Waals surface area contributed by atoms with Crippen molar-refractivity contribution in [2.24, 2.45) is 5.92 Å². The molecular weight excluding hydrogens is 238 g/mol. The summed E-state index contributed by atoms with van der Waals surface area (Å²) < 4.78 is 0. The average molecular weight is 259 g/mol. The Hall–Kier alpha value is -1.79. The molecule has 0 aliphatic carbocycles. The first kappa shape index (κ1) is 16.2. The van der Waals surface area contributed by atoms with Gasteiger partial charge in [0.1, 0.15) is 6.54 Å². The topological polar surface area (TPSA) is 98.7 Å². The molecule has 18 heavy (non-hydrogen) atoms. The number of urea groups is 1. The van der Waals surface area contributed by atoms with Crippen LogP contribution in [-0.2, 0) is 9.59 Å². The smallest absolute Gasteiger partial charge is 0.323 e. The lowest BCUT2D eigenvalue weighted by Gasteiger charge is -2.23. The average Bonchev–Trinajstić information content (AvgIpc) is 2.21. The van der Waals surface area contributed by atoms with Crippen molar-refractivity contribution >= 4 is 17.9 Å². The number of carboxylic acid groups (broad SMARTS) is 1. The first-order valence-electron chi connectivity index (χ1n) is 5.82. The number of carbonyl (C=O) groups excluding carboxylic acids is 2. The minimum atomic E-state index is -1.05. The zero-order chi connectivity index (χ0) is 14.1. The molecule has 0 saturated heterocycles. The maximum atomic E-state index is 11.7. The number of nitrogens with zero attached hydrogens (tertiary/aromatic N) is 1. The van der Waals surface area contributed by atoms with Crippen LogP contribution in [0.2, 0.25) is 0 Å². The normalized spacial score (nSPS) is 10.0. The standard InChI is InChI=1S/C11H21N3O4/c1-8(2)6-14(7-10(16)17)11(18)13-5-4-12-9(3)15/h8H,4-7H2,1-3H3,(H,12,15)(H,13,18)(H,16,17). The molecule has 7 nitrogen and oxygen atoms in total. The van der Waals surface area contributed by atoms with E-state index < -0.39 is 12.0 Å². The van der Waals surface area contributed by atoms with Crippen molar-refractivity contribution in [3.63, 3.8) is 0 Å². The summed E-state index contributed by atoms with van der Waals surface area (Å²) in [7, 11) is 0. The van der Waals surface area contributed by atoms with Crippen molar-refractivity contribution in [2.45, 2.75) is 20.8 Å². The van der Waals surface area contributed by atoms with Gasteiger partial charge in [-0.25, -0.2) is 4.79 Å². The predicted octanol–water partition coefficient (Wildman–Crippen LogP) is -0.125. The van der Waals surface area contributed by atoms with E-state index >= 15 is 0 Å². The fourth-order valence-electron chi connectivity index (χ4n) is 1.34. The van der Waals surface area contributed by atoms with Crippen molar-refractivity contribution in [3.8, 4) is 0 Å². The van der Waals surface area contributed by atoms with Gasteiger partial charge in [-0.1, -0.05) is 13.8 Å². The van der Waals surface area contributed by atoms with Crippen LogP contribution in [0, 0.1) is 5.92 Å². The van der Waals surface area contributed by atoms with Gasteiger partial charge in [0.05, 0.1) is 0 Å². The highest BCUT2D eigenvalue weighted by molar-refractivity contribution is 5.80. The van der Waals surface area contributed by atoms with Gasteiger partial charge in [-0.3, -0.25) is 9.59 Å². The molecular formula is C11H21N3O4. The Balaban J connectivity index is 4.12. The number of carbonyl (C=O) groups is 3. The van der Waals surface area contributed by atoms with Crippen molar-refractivity contribution in [3.05, 3.63) is 0 Å². The Morgan fingerprint density at radius 1 is 1.17 bits per heavy atom. The fraction of sp³-hybridized carbons (Fsp3) is 0.727. The highest BCUT2D eigenvalue weighted by atomic mass is 16.4. The van der Waals surface area contributed by atoms with Crippen LogP contribution in [0.5, 0.6) is 0 Å². The Morgan fingerprint density at radius 2 is 1.72 bits per heavy atom. The van der Waals surface area contributed by atoms with Gasteiger partial charge in [-0.2, -0.15) is 0 Å². The molecule has 7 heteroatoms. The summed E-state index contributed by atoms with van der Waals surface area (Å²) in [5.74, 6) is -1.04. The van der Waals surface area contributed by atoms with Crippen molar-refractivity contribution in [1.82, 2.24) is 15.5 Å². The number of hydrogen-bond donors (Lipinski definition) is 3. The molecule has 0 bridgehead atoms. The van der Waals surface area contributed by atoms with E-state index in [0.29, 0.717) is 13.1 Å². The summed E-state index contributed by atoms with van der Waals surface area (Å²) in [4.78, 5) is 34.2. The number of nitrogens with one attached hydrogen (secondary N) is 2. The zero-order valence-electron chi connectivity index (χ0n) is 11.0. The molecule has 0 aliphatic rings. The molecule has 0 atom stereocenters. The number of rotatable bonds is 7. The van der Waals surface area contributed by atoms with E-state index in [1.54, 1.807) is 0 Å². The van der Waals surface area contributed by atoms with Gasteiger partial charge in [-0.05, 0) is 5.92 Å². The van der Waals surface area contributed by atoms with E-state index in [9.17, 15) is 14.4 Å². The third-order valence-corrected chi connectivity index (χ3v) is 1.97. The second-order valence-corrected chi connectivity index (χ2v) is 4.38. The van der Waals surface area contributed by atoms with Crippen LogP contribution in [0.1, 0.15) is 20.8 Å². The van der Waals surface area contributed by atoms with Crippen LogP contribution < -0.4 is 10.6 Å². The molecule has 3 N–H and O–H groups in total. The Labute approximate surface area is 107 Å². The van der Waals surface area contributed by atoms with E-state index in [1.165, 1.54) is 11.8 Å². The zero-order valence-corrected chi connectivity index (χ0v) is 11.0. The van der Waals surface area contributed by atoms with Crippen LogP contribution in [0.4, 0.5) is 4.79 Å². The molecule has 0 aromatic rings. The molecule has 104 valence electrons. The van der Waals surface area contributed by atoms with E-state index in [-0.39, 0.29) is 24.9 Å². The van der Waals surface area contributed by atoms with Crippen molar-refractivity contribution in [1.29, 1.82) is 0 Å². The minimum absolute atomic E-state index is 0.172. The van der Waals surface area contributed by atoms with Gasteiger partial charge in [0, 0.05) is 26.6 Å². The van der Waals surface area contributed by atoms with E-state index in [0.717, 1.165) is 0 Å². The number of carboxylic acids is 1. The maximum absolute atomic E-state index is 11.7. The van der Waals surface area contributed by atoms with Crippen LogP contribution in [-0.4, -0.2) is 54.1 Å². The molecule has 0 unspecified atom stereocenters. The molecule has 0 aromatic carbocycles. The number of hydrogen-bond acceptors (Lipinski definition) is 3. The van der Waals surface area contributed by atoms with Crippen LogP contribution >= 0.6 is 0 Å². The third-order valence-electron chi connectivity index (χ3n) is 1.97. The van der Waals surface area contributed by atoms with Gasteiger partial charge in [-0.15, -0.1) is 0 Å². The van der Waals surface area contributed by atoms with Gasteiger partial charge < -0.3 is 20.6 Å². The van der Waals surface area contributed by atoms with Gasteiger partial charge in [0.25, 0.3) is 0 Å². The monoisotopic (exact) mass is 259 g/mol. The first-order chi connectivity index (χ1) is 8.32. The highest BCUT2D eigenvalue weighted by Crippen LogP contribution is 1.98.